The maximum Gasteiger partial charge on any atom is 0.0163 e. The molecule has 3 heteroatoms. The number of hydrogen-bond acceptors (Lipinski definition) is 2. The predicted octanol–water partition coefficient (Wildman–Crippen LogP) is 9.94. The second kappa shape index (κ2) is 15.3. The molecule has 2 nitrogen and oxygen atoms in total. The molecule has 6 rings (SSSR count). The van der Waals surface area contributed by atoms with E-state index in [1.165, 1.54) is 27.8 Å². The minimum atomic E-state index is 0. The molecule has 2 aromatic heterocycles. The number of rotatable bonds is 6. The van der Waals surface area contributed by atoms with E-state index in [-0.39, 0.29) is 25.5 Å². The van der Waals surface area contributed by atoms with E-state index in [2.05, 4.69) is 128 Å². The van der Waals surface area contributed by atoms with Gasteiger partial charge in [0, 0.05) is 32.5 Å². The number of pyridine rings is 2. The molecule has 0 amide bonds. The first-order valence-corrected chi connectivity index (χ1v) is 14.4. The van der Waals surface area contributed by atoms with Crippen LogP contribution in [0.2, 0.25) is 0 Å². The van der Waals surface area contributed by atoms with Crippen LogP contribution in [-0.4, -0.2) is 9.97 Å². The predicted molar refractivity (Wildman–Crippen MR) is 175 cm³/mol. The minimum absolute atomic E-state index is 0. The third-order valence-electron chi connectivity index (χ3n) is 6.82. The first-order chi connectivity index (χ1) is 20.4. The Hall–Kier alpha value is -4.17. The van der Waals surface area contributed by atoms with Crippen LogP contribution in [-0.2, 0) is 32.9 Å². The van der Waals surface area contributed by atoms with Crippen molar-refractivity contribution in [1.82, 2.24) is 9.97 Å². The first-order valence-electron chi connectivity index (χ1n) is 14.4. The molecule has 0 aliphatic heterocycles. The maximum atomic E-state index is 4.51. The van der Waals surface area contributed by atoms with Crippen LogP contribution in [0.15, 0.2) is 140 Å². The molecule has 4 aromatic carbocycles. The van der Waals surface area contributed by atoms with Crippen molar-refractivity contribution in [3.05, 3.63) is 169 Å². The molecule has 6 aromatic rings. The Balaban J connectivity index is 0.000000195. The first kappa shape index (κ1) is 31.8. The molecule has 0 unspecified atom stereocenters. The summed E-state index contributed by atoms with van der Waals surface area (Å²) in [6, 6.07) is 50.2. The zero-order chi connectivity index (χ0) is 29.2. The third kappa shape index (κ3) is 9.68. The molecule has 0 bridgehead atoms. The molecule has 0 N–H and O–H groups in total. The van der Waals surface area contributed by atoms with Gasteiger partial charge in [0.15, 0.2) is 0 Å². The molecule has 0 aliphatic carbocycles. The molecule has 217 valence electrons. The summed E-state index contributed by atoms with van der Waals surface area (Å²) in [6.07, 6.45) is 5.75. The summed E-state index contributed by atoms with van der Waals surface area (Å²) < 4.78 is 0. The second-order valence-corrected chi connectivity index (χ2v) is 11.6. The average molecular weight is 737 g/mol. The van der Waals surface area contributed by atoms with E-state index in [0.29, 0.717) is 0 Å². The van der Waals surface area contributed by atoms with Crippen LogP contribution in [0.25, 0.3) is 33.6 Å². The fourth-order valence-corrected chi connectivity index (χ4v) is 4.85. The van der Waals surface area contributed by atoms with Crippen molar-refractivity contribution < 1.29 is 20.1 Å². The van der Waals surface area contributed by atoms with Gasteiger partial charge < -0.3 is 9.97 Å². The summed E-state index contributed by atoms with van der Waals surface area (Å²) >= 11 is 0. The van der Waals surface area contributed by atoms with Crippen LogP contribution in [0.5, 0.6) is 0 Å². The van der Waals surface area contributed by atoms with Gasteiger partial charge in [0.05, 0.1) is 0 Å². The third-order valence-corrected chi connectivity index (χ3v) is 6.82. The smallest absolute Gasteiger partial charge is 0.0163 e. The van der Waals surface area contributed by atoms with Gasteiger partial charge in [0.2, 0.25) is 0 Å². The van der Waals surface area contributed by atoms with Gasteiger partial charge in [-0.25, -0.2) is 0 Å². The van der Waals surface area contributed by atoms with Crippen molar-refractivity contribution in [3.8, 4) is 33.6 Å². The molecule has 0 saturated heterocycles. The van der Waals surface area contributed by atoms with E-state index in [9.17, 15) is 0 Å². The Morgan fingerprint density at radius 3 is 1.77 bits per heavy atom. The van der Waals surface area contributed by atoms with Crippen molar-refractivity contribution in [2.24, 2.45) is 5.41 Å². The van der Waals surface area contributed by atoms with E-state index in [0.717, 1.165) is 35.4 Å². The summed E-state index contributed by atoms with van der Waals surface area (Å²) in [5.41, 5.74) is 10.6. The Morgan fingerprint density at radius 1 is 0.558 bits per heavy atom. The quantitative estimate of drug-likeness (QED) is 0.159. The molecule has 0 saturated carbocycles. The van der Waals surface area contributed by atoms with Crippen LogP contribution in [0, 0.1) is 17.5 Å². The maximum absolute atomic E-state index is 4.51. The van der Waals surface area contributed by atoms with Gasteiger partial charge in [-0.2, -0.15) is 0 Å². The molecule has 0 aliphatic rings. The monoisotopic (exact) mass is 737 g/mol. The Kier molecular flexibility index (Phi) is 11.3. The van der Waals surface area contributed by atoms with Gasteiger partial charge in [-0.1, -0.05) is 110 Å². The minimum Gasteiger partial charge on any atom is -0.305 e. The molecule has 43 heavy (non-hydrogen) atoms. The van der Waals surface area contributed by atoms with Crippen LogP contribution in [0.4, 0.5) is 0 Å². The van der Waals surface area contributed by atoms with E-state index < -0.39 is 0 Å². The van der Waals surface area contributed by atoms with Crippen LogP contribution in [0.1, 0.15) is 37.5 Å². The van der Waals surface area contributed by atoms with Crippen molar-refractivity contribution in [2.45, 2.75) is 33.6 Å². The topological polar surface area (TPSA) is 25.8 Å². The van der Waals surface area contributed by atoms with Gasteiger partial charge in [-0.3, -0.25) is 0 Å². The molecular weight excluding hydrogens is 701 g/mol. The Labute approximate surface area is 270 Å². The summed E-state index contributed by atoms with van der Waals surface area (Å²) in [5.74, 6) is 0. The number of hydrogen-bond donors (Lipinski definition) is 0. The van der Waals surface area contributed by atoms with Gasteiger partial charge in [-0.05, 0) is 52.9 Å². The van der Waals surface area contributed by atoms with E-state index in [4.69, 9.17) is 0 Å². The SMILES string of the molecule is CC(C)(C)Cc1ccnc(-c2[c-]cc(-c3ccccc3)cc2)c1.[Ir].[c-]1ccccc1-c1cc(Cc2ccccc2)ccn1. The number of benzene rings is 4. The normalized spacial score (nSPS) is 10.7. The fourth-order valence-electron chi connectivity index (χ4n) is 4.85. The number of aromatic nitrogens is 2. The molecule has 1 radical (unpaired) electrons. The van der Waals surface area contributed by atoms with Crippen LogP contribution < -0.4 is 0 Å². The molecule has 0 spiro atoms. The zero-order valence-electron chi connectivity index (χ0n) is 24.9. The van der Waals surface area contributed by atoms with Crippen LogP contribution in [0.3, 0.4) is 0 Å². The average Bonchev–Trinajstić information content (AvgIpc) is 3.02. The fraction of sp³-hybridized carbons (Fsp3) is 0.150. The summed E-state index contributed by atoms with van der Waals surface area (Å²) in [6.45, 7) is 6.77. The standard InChI is InChI=1S/C22H22N.C18H14N.Ir/c1-22(2,3)16-17-13-14-23-21(15-17)20-11-9-19(10-12-20)18-7-5-4-6-8-18;1-3-7-15(8-4-1)13-16-11-12-19-18(14-16)17-9-5-2-6-10-17;/h4-11,13-15H,16H2,1-3H3;1-9,11-12,14H,13H2;/q2*-1;. The van der Waals surface area contributed by atoms with Crippen molar-refractivity contribution >= 4 is 0 Å². The van der Waals surface area contributed by atoms with Crippen molar-refractivity contribution in [3.63, 3.8) is 0 Å². The Bertz CT molecular complexity index is 1670. The summed E-state index contributed by atoms with van der Waals surface area (Å²) in [7, 11) is 0. The van der Waals surface area contributed by atoms with Gasteiger partial charge >= 0.3 is 0 Å². The number of nitrogens with zero attached hydrogens (tertiary/aromatic N) is 2. The second-order valence-electron chi connectivity index (χ2n) is 11.6. The zero-order valence-corrected chi connectivity index (χ0v) is 27.3. The molecule has 0 fully saturated rings. The van der Waals surface area contributed by atoms with Crippen LogP contribution >= 0.6 is 0 Å². The molecular formula is C40H36IrN2-2. The van der Waals surface area contributed by atoms with Crippen molar-refractivity contribution in [1.29, 1.82) is 0 Å². The van der Waals surface area contributed by atoms with Crippen molar-refractivity contribution in [2.75, 3.05) is 0 Å². The largest absolute Gasteiger partial charge is 0.305 e. The van der Waals surface area contributed by atoms with E-state index >= 15 is 0 Å². The van der Waals surface area contributed by atoms with E-state index in [1.54, 1.807) is 0 Å². The summed E-state index contributed by atoms with van der Waals surface area (Å²) in [5, 5.41) is 0. The van der Waals surface area contributed by atoms with E-state index in [1.807, 2.05) is 54.9 Å². The van der Waals surface area contributed by atoms with Gasteiger partial charge in [0.25, 0.3) is 0 Å². The summed E-state index contributed by atoms with van der Waals surface area (Å²) in [4.78, 5) is 8.93. The molecule has 2 heterocycles. The molecule has 0 atom stereocenters. The Morgan fingerprint density at radius 2 is 1.16 bits per heavy atom. The van der Waals surface area contributed by atoms with Gasteiger partial charge in [-0.15, -0.1) is 65.7 Å². The van der Waals surface area contributed by atoms with Gasteiger partial charge in [0.1, 0.15) is 0 Å².